The van der Waals surface area contributed by atoms with Crippen LogP contribution >= 0.6 is 0 Å². The molecule has 2 saturated heterocycles. The normalized spacial score (nSPS) is 17.3. The number of para-hydroxylation sites is 4. The smallest absolute Gasteiger partial charge is 0.240 e. The fraction of sp³-hybridized carbons (Fsp3) is 0.512. The first kappa shape index (κ1) is 83.3. The molecule has 4 aromatic carbocycles. The van der Waals surface area contributed by atoms with Gasteiger partial charge in [0.1, 0.15) is 33.0 Å². The third-order valence-corrected chi connectivity index (χ3v) is 19.9. The lowest BCUT2D eigenvalue weighted by atomic mass is 9.94. The molecule has 574 valence electrons. The van der Waals surface area contributed by atoms with Gasteiger partial charge in [0.05, 0.1) is 96.7 Å². The molecular weight excluding hydrogens is 1330 g/mol. The summed E-state index contributed by atoms with van der Waals surface area (Å²) in [5.41, 5.74) is 13.7. The Balaban J connectivity index is 0.000000266. The van der Waals surface area contributed by atoms with Gasteiger partial charge in [-0.15, -0.1) is 0 Å². The number of anilines is 2. The SMILES string of the molecule is C.C=C1CC(C)C(CCCCCC(=O)NCCOCCOCCOCCNC(=O)CN2C(=Cc3cc[n+](C)c4ccccc34)Cc3ccccc32)N1.C=C1CC(CCCCCC(=O)CCCOCCOCCOCCOCCNC(=O)CN2C(=Cc3cc[n+](C)c4ccccc34)Cc3ccccc32)C(C)N1. The molecule has 0 spiro atoms. The van der Waals surface area contributed by atoms with Crippen molar-refractivity contribution >= 4 is 68.8 Å². The van der Waals surface area contributed by atoms with Crippen LogP contribution in [0.4, 0.5) is 11.4 Å². The largest absolute Gasteiger partial charge is 0.386 e. The van der Waals surface area contributed by atoms with Gasteiger partial charge in [-0.2, -0.15) is 0 Å². The Labute approximate surface area is 630 Å². The van der Waals surface area contributed by atoms with Gasteiger partial charge in [-0.25, -0.2) is 9.13 Å². The molecule has 20 heteroatoms. The first-order valence-electron chi connectivity index (χ1n) is 38.4. The predicted molar refractivity (Wildman–Crippen MR) is 423 cm³/mol. The number of carbonyl (C=O) groups is 4. The van der Waals surface area contributed by atoms with E-state index in [1.807, 2.05) is 24.3 Å². The molecule has 10 rings (SSSR count). The van der Waals surface area contributed by atoms with Crippen LogP contribution in [-0.4, -0.2) is 161 Å². The lowest BCUT2D eigenvalue weighted by molar-refractivity contribution is -0.645. The Kier molecular flexibility index (Phi) is 36.2. The highest BCUT2D eigenvalue weighted by Gasteiger charge is 2.29. The number of allylic oxidation sites excluding steroid dienone is 4. The van der Waals surface area contributed by atoms with E-state index in [2.05, 4.69) is 196 Å². The molecule has 20 nitrogen and oxygen atoms in total. The van der Waals surface area contributed by atoms with E-state index in [-0.39, 0.29) is 38.2 Å². The minimum atomic E-state index is -0.0516. The van der Waals surface area contributed by atoms with E-state index in [1.54, 1.807) is 0 Å². The summed E-state index contributed by atoms with van der Waals surface area (Å²) >= 11 is 0. The third-order valence-electron chi connectivity index (χ3n) is 19.9. The number of hydrogen-bond acceptors (Lipinski definition) is 15. The molecule has 2 aromatic heterocycles. The van der Waals surface area contributed by atoms with Gasteiger partial charge in [0.15, 0.2) is 12.4 Å². The van der Waals surface area contributed by atoms with Crippen LogP contribution in [0.15, 0.2) is 158 Å². The molecule has 5 N–H and O–H groups in total. The quantitative estimate of drug-likeness (QED) is 0.0178. The molecule has 4 aliphatic heterocycles. The highest BCUT2D eigenvalue weighted by atomic mass is 16.6. The average molecular weight is 1460 g/mol. The maximum Gasteiger partial charge on any atom is 0.240 e. The van der Waals surface area contributed by atoms with Crippen molar-refractivity contribution in [2.75, 3.05) is 135 Å². The molecule has 6 heterocycles. The lowest BCUT2D eigenvalue weighted by Gasteiger charge is -2.21. The summed E-state index contributed by atoms with van der Waals surface area (Å²) in [4.78, 5) is 54.5. The molecule has 0 radical (unpaired) electrons. The average Bonchev–Trinajstić information content (AvgIpc) is 1.67. The van der Waals surface area contributed by atoms with Crippen LogP contribution in [0.2, 0.25) is 0 Å². The number of aromatic nitrogens is 2. The zero-order valence-corrected chi connectivity index (χ0v) is 63.0. The number of nitrogens with zero attached hydrogens (tertiary/aromatic N) is 4. The number of amides is 3. The number of aryl methyl sites for hydroxylation is 2. The van der Waals surface area contributed by atoms with Crippen LogP contribution in [0.3, 0.4) is 0 Å². The first-order chi connectivity index (χ1) is 51.3. The molecule has 2 fully saturated rings. The summed E-state index contributed by atoms with van der Waals surface area (Å²) in [6.45, 7) is 21.0. The second kappa shape index (κ2) is 46.0. The van der Waals surface area contributed by atoms with Crippen molar-refractivity contribution in [3.63, 3.8) is 0 Å². The topological polar surface area (TPSA) is 207 Å². The van der Waals surface area contributed by atoms with E-state index < -0.39 is 0 Å². The number of carbonyl (C=O) groups excluding carboxylic acids is 4. The number of ether oxygens (including phenoxy) is 7. The van der Waals surface area contributed by atoms with Gasteiger partial charge < -0.3 is 69.5 Å². The van der Waals surface area contributed by atoms with Crippen molar-refractivity contribution in [3.05, 3.63) is 180 Å². The van der Waals surface area contributed by atoms with Gasteiger partial charge in [-0.05, 0) is 122 Å². The number of pyridine rings is 2. The Hall–Kier alpha value is -8.34. The van der Waals surface area contributed by atoms with Crippen molar-refractivity contribution in [1.29, 1.82) is 0 Å². The van der Waals surface area contributed by atoms with Crippen molar-refractivity contribution < 1.29 is 61.5 Å². The van der Waals surface area contributed by atoms with Crippen molar-refractivity contribution in [3.8, 4) is 0 Å². The maximum atomic E-state index is 13.0. The minimum absolute atomic E-state index is 0. The molecule has 4 atom stereocenters. The number of rotatable bonds is 46. The number of hydrogen-bond donors (Lipinski definition) is 5. The summed E-state index contributed by atoms with van der Waals surface area (Å²) in [5, 5.41) is 18.2. The molecule has 0 saturated carbocycles. The van der Waals surface area contributed by atoms with Crippen LogP contribution in [-0.2, 0) is 79.3 Å². The second-order valence-electron chi connectivity index (χ2n) is 28.1. The van der Waals surface area contributed by atoms with Gasteiger partial charge in [-0.3, -0.25) is 19.2 Å². The number of unbranched alkanes of at least 4 members (excludes halogenated alkanes) is 4. The van der Waals surface area contributed by atoms with Crippen molar-refractivity contribution in [1.82, 2.24) is 26.6 Å². The lowest BCUT2D eigenvalue weighted by Crippen LogP contribution is -2.37. The number of ketones is 1. The Morgan fingerprint density at radius 1 is 0.472 bits per heavy atom. The molecule has 6 aromatic rings. The summed E-state index contributed by atoms with van der Waals surface area (Å²) < 4.78 is 43.5. The van der Waals surface area contributed by atoms with Crippen LogP contribution in [0.1, 0.15) is 133 Å². The Morgan fingerprint density at radius 2 is 0.887 bits per heavy atom. The van der Waals surface area contributed by atoms with E-state index >= 15 is 0 Å². The van der Waals surface area contributed by atoms with Gasteiger partial charge in [0.25, 0.3) is 0 Å². The molecule has 3 amide bonds. The van der Waals surface area contributed by atoms with Crippen molar-refractivity contribution in [2.24, 2.45) is 25.9 Å². The highest BCUT2D eigenvalue weighted by molar-refractivity contribution is 5.91. The zero-order chi connectivity index (χ0) is 73.8. The maximum absolute atomic E-state index is 13.0. The number of fused-ring (bicyclic) bond motifs is 4. The monoisotopic (exact) mass is 1460 g/mol. The summed E-state index contributed by atoms with van der Waals surface area (Å²) in [6.07, 6.45) is 23.6. The molecule has 4 unspecified atom stereocenters. The fourth-order valence-corrected chi connectivity index (χ4v) is 14.3. The van der Waals surface area contributed by atoms with Crippen LogP contribution in [0, 0.1) is 11.8 Å². The van der Waals surface area contributed by atoms with Gasteiger partial charge in [-0.1, -0.05) is 114 Å². The minimum Gasteiger partial charge on any atom is -0.386 e. The zero-order valence-electron chi connectivity index (χ0n) is 63.0. The van der Waals surface area contributed by atoms with E-state index in [9.17, 15) is 19.2 Å². The van der Waals surface area contributed by atoms with Gasteiger partial charge in [0, 0.05) is 129 Å². The van der Waals surface area contributed by atoms with E-state index in [1.165, 1.54) is 34.7 Å². The van der Waals surface area contributed by atoms with Crippen LogP contribution in [0.25, 0.3) is 34.0 Å². The predicted octanol–water partition coefficient (Wildman–Crippen LogP) is 11.5. The van der Waals surface area contributed by atoms with E-state index in [0.29, 0.717) is 161 Å². The van der Waals surface area contributed by atoms with Crippen LogP contribution in [0.5, 0.6) is 0 Å². The molecule has 0 bridgehead atoms. The summed E-state index contributed by atoms with van der Waals surface area (Å²) in [6, 6.07) is 38.6. The van der Waals surface area contributed by atoms with Gasteiger partial charge >= 0.3 is 0 Å². The second-order valence-corrected chi connectivity index (χ2v) is 28.1. The molecule has 4 aliphatic rings. The van der Waals surface area contributed by atoms with E-state index in [4.69, 9.17) is 33.2 Å². The first-order valence-corrected chi connectivity index (χ1v) is 38.4. The molecule has 0 aliphatic carbocycles. The third kappa shape index (κ3) is 27.5. The fourth-order valence-electron chi connectivity index (χ4n) is 14.3. The van der Waals surface area contributed by atoms with E-state index in [0.717, 1.165) is 127 Å². The van der Waals surface area contributed by atoms with Gasteiger partial charge in [0.2, 0.25) is 28.8 Å². The molecule has 106 heavy (non-hydrogen) atoms. The van der Waals surface area contributed by atoms with Crippen molar-refractivity contribution in [2.45, 2.75) is 136 Å². The standard InChI is InChI=1S/C44H60N4O6.C41H55N5O5.CH4/c1-34-30-36(35(2)46-34)12-5-4-6-14-40(49)15-11-22-51-24-26-53-28-29-54-27-25-52-23-20-45-44(50)33-48-39(32-38-13-7-9-17-42(38)48)31-37-19-21-47(3)43-18-10-8-16-41(37)43;1-31-27-32(2)44-37(31)13-5-4-6-16-40(47)42-18-21-49-23-25-51-26-24-50-22-19-43-41(48)30-46-35(29-34-11-7-9-14-38(34)46)28-33-17-20-45(3)39-15-10-8-12-36(33)39;/h7-10,13,16-19,21,31,35-36,46H,1,4-6,11-12,14-15,20,22-30,32-33H2,2-3H3;7-12,14-15,17,20,28,31,37,44H,2,4-6,13,16,18-19,21-27,29-30H2,1,3H3,(H-,42,43,47,48);1H4/p+2. The summed E-state index contributed by atoms with van der Waals surface area (Å²) in [7, 11) is 4.11. The Bertz CT molecular complexity index is 3820. The van der Waals surface area contributed by atoms with Crippen LogP contribution < -0.4 is 45.5 Å². The highest BCUT2D eigenvalue weighted by Crippen LogP contribution is 2.38. The number of nitrogens with one attached hydrogen (secondary N) is 5. The number of benzene rings is 4. The summed E-state index contributed by atoms with van der Waals surface area (Å²) in [5.74, 6) is 1.66. The number of Topliss-reactive ketones (excluding diaryl/α,β-unsaturated/α-hetero) is 1. The Morgan fingerprint density at radius 3 is 1.36 bits per heavy atom. The molecular formula is C86H121N9O11+2.